The smallest absolute Gasteiger partial charge is 0.286 e. The summed E-state index contributed by atoms with van der Waals surface area (Å²) in [5, 5.41) is 13.6. The molecule has 4 aromatic heterocycles. The number of carbonyl (C=O) groups excluding carboxylic acids is 2. The average molecular weight is 848 g/mol. The Labute approximate surface area is 352 Å². The van der Waals surface area contributed by atoms with E-state index in [1.165, 1.54) is 64.2 Å². The highest BCUT2D eigenvalue weighted by Gasteiger charge is 2.24. The molecule has 6 aromatic rings. The summed E-state index contributed by atoms with van der Waals surface area (Å²) in [6, 6.07) is 15.5. The van der Waals surface area contributed by atoms with E-state index < -0.39 is 5.24 Å². The zero-order chi connectivity index (χ0) is 40.3. The third-order valence-corrected chi connectivity index (χ3v) is 12.3. The van der Waals surface area contributed by atoms with Crippen molar-refractivity contribution in [3.05, 3.63) is 104 Å². The van der Waals surface area contributed by atoms with E-state index in [2.05, 4.69) is 27.8 Å². The van der Waals surface area contributed by atoms with Crippen LogP contribution in [0, 0.1) is 13.8 Å². The van der Waals surface area contributed by atoms with Crippen LogP contribution in [-0.4, -0.2) is 62.0 Å². The number of fused-ring (bicyclic) bond motifs is 2. The fraction of sp³-hybridized carbons (Fsp3) is 0.455. The number of hydrazine groups is 1. The Morgan fingerprint density at radius 3 is 1.60 bits per heavy atom. The Morgan fingerprint density at radius 2 is 1.14 bits per heavy atom. The maximum Gasteiger partial charge on any atom is 0.286 e. The molecule has 58 heavy (non-hydrogen) atoms. The summed E-state index contributed by atoms with van der Waals surface area (Å²) in [5.74, 6) is 2.89. The third-order valence-electron chi connectivity index (χ3n) is 11.7. The van der Waals surface area contributed by atoms with Gasteiger partial charge in [0.15, 0.2) is 5.69 Å². The summed E-state index contributed by atoms with van der Waals surface area (Å²) in [6.07, 6.45) is 12.4. The van der Waals surface area contributed by atoms with Gasteiger partial charge in [-0.1, -0.05) is 61.7 Å². The molecule has 1 N–H and O–H groups in total. The number of halogens is 3. The van der Waals surface area contributed by atoms with E-state index in [1.807, 2.05) is 53.9 Å². The number of nitrogens with zero attached hydrogens (tertiary/aromatic N) is 5. The highest BCUT2D eigenvalue weighted by atomic mass is 35.5. The van der Waals surface area contributed by atoms with Crippen molar-refractivity contribution in [3.63, 3.8) is 0 Å². The number of furan rings is 2. The predicted molar refractivity (Wildman–Crippen MR) is 226 cm³/mol. The van der Waals surface area contributed by atoms with Crippen LogP contribution in [0.5, 0.6) is 0 Å². The van der Waals surface area contributed by atoms with Crippen molar-refractivity contribution in [1.29, 1.82) is 0 Å². The third kappa shape index (κ3) is 9.34. The molecule has 0 spiro atoms. The molecule has 9 rings (SSSR count). The molecule has 0 atom stereocenters. The molecular formula is C44H49Cl3N6O5. The van der Waals surface area contributed by atoms with Crippen LogP contribution in [0.3, 0.4) is 0 Å². The maximum atomic E-state index is 12.7. The number of aryl methyl sites for hydroxylation is 2. The minimum Gasteiger partial charge on any atom is -0.460 e. The van der Waals surface area contributed by atoms with E-state index in [4.69, 9.17) is 48.4 Å². The number of ether oxygens (including phenoxy) is 1. The van der Waals surface area contributed by atoms with Gasteiger partial charge in [0.05, 0.1) is 26.3 Å². The summed E-state index contributed by atoms with van der Waals surface area (Å²) in [6.45, 7) is 7.40. The standard InChI is InChI=1S/C24H29ClN4O3.C20H20Cl2N2O2/c1-16-11-21(24(30)27-28-7-9-31-10-8-28)26-29(16)15-19-13-20(25)12-18-14-22(32-23(18)19)17-5-3-2-4-6-17;1-12-7-17(20(22)25)23-24(12)11-15-9-16(21)8-14-10-18(26-19(14)15)13-5-3-2-4-6-13/h11-14,17H,2-10,15H2,1H3,(H,27,30);7-10,13H,2-6,11H2,1H3. The normalized spacial score (nSPS) is 17.1. The van der Waals surface area contributed by atoms with E-state index >= 15 is 0 Å². The number of rotatable bonds is 9. The molecule has 0 unspecified atom stereocenters. The molecule has 3 aliphatic rings. The van der Waals surface area contributed by atoms with Gasteiger partial charge in [-0.15, -0.1) is 0 Å². The van der Waals surface area contributed by atoms with E-state index in [9.17, 15) is 9.59 Å². The molecular weight excluding hydrogens is 799 g/mol. The average Bonchev–Trinajstić information content (AvgIpc) is 4.02. The SMILES string of the molecule is Cc1cc(C(=O)Cl)nn1Cc1cc(Cl)cc2cc(C3CCCCC3)oc12.Cc1cc(C(=O)NN2CCOCC2)nn1Cc1cc(Cl)cc2cc(C3CCCCC3)oc12. The monoisotopic (exact) mass is 846 g/mol. The minimum atomic E-state index is -0.555. The molecule has 5 heterocycles. The quantitative estimate of drug-likeness (QED) is 0.143. The van der Waals surface area contributed by atoms with Crippen LogP contribution >= 0.6 is 34.8 Å². The summed E-state index contributed by atoms with van der Waals surface area (Å²) in [4.78, 5) is 24.0. The van der Waals surface area contributed by atoms with Gasteiger partial charge in [-0.3, -0.25) is 24.4 Å². The van der Waals surface area contributed by atoms with Gasteiger partial charge in [0.1, 0.15) is 28.4 Å². The van der Waals surface area contributed by atoms with Crippen molar-refractivity contribution in [2.45, 2.75) is 103 Å². The Kier molecular flexibility index (Phi) is 12.6. The second-order valence-electron chi connectivity index (χ2n) is 15.9. The van der Waals surface area contributed by atoms with Gasteiger partial charge >= 0.3 is 0 Å². The molecule has 306 valence electrons. The summed E-state index contributed by atoms with van der Waals surface area (Å²) < 4.78 is 21.5. The van der Waals surface area contributed by atoms with Gasteiger partial charge in [-0.2, -0.15) is 10.2 Å². The summed E-state index contributed by atoms with van der Waals surface area (Å²) in [7, 11) is 0. The molecule has 2 aromatic carbocycles. The number of hydrogen-bond acceptors (Lipinski definition) is 8. The number of hydrogen-bond donors (Lipinski definition) is 1. The first-order valence-corrected chi connectivity index (χ1v) is 21.6. The van der Waals surface area contributed by atoms with Crippen LogP contribution in [-0.2, 0) is 17.8 Å². The van der Waals surface area contributed by atoms with Crippen LogP contribution in [0.1, 0.15) is 131 Å². The fourth-order valence-corrected chi connectivity index (χ4v) is 9.16. The molecule has 0 bridgehead atoms. The zero-order valence-electron chi connectivity index (χ0n) is 33.0. The second-order valence-corrected chi connectivity index (χ2v) is 17.1. The Hall–Kier alpha value is -4.13. The van der Waals surface area contributed by atoms with Crippen molar-refractivity contribution < 1.29 is 23.2 Å². The lowest BCUT2D eigenvalue weighted by molar-refractivity contribution is 0.0124. The molecule has 2 aliphatic carbocycles. The highest BCUT2D eigenvalue weighted by molar-refractivity contribution is 6.67. The van der Waals surface area contributed by atoms with Crippen molar-refractivity contribution in [1.82, 2.24) is 30.0 Å². The zero-order valence-corrected chi connectivity index (χ0v) is 35.3. The lowest BCUT2D eigenvalue weighted by Crippen LogP contribution is -2.48. The van der Waals surface area contributed by atoms with E-state index in [1.54, 1.807) is 10.7 Å². The Bertz CT molecular complexity index is 2410. The molecule has 1 saturated heterocycles. The van der Waals surface area contributed by atoms with Crippen LogP contribution < -0.4 is 5.43 Å². The first kappa shape index (κ1) is 40.6. The Morgan fingerprint density at radius 1 is 0.672 bits per heavy atom. The number of nitrogens with one attached hydrogen (secondary N) is 1. The lowest BCUT2D eigenvalue weighted by atomic mass is 9.87. The summed E-state index contributed by atoms with van der Waals surface area (Å²) >= 11 is 18.3. The molecule has 0 radical (unpaired) electrons. The van der Waals surface area contributed by atoms with Gasteiger partial charge in [-0.25, -0.2) is 5.01 Å². The lowest BCUT2D eigenvalue weighted by Gasteiger charge is -2.26. The van der Waals surface area contributed by atoms with Gasteiger partial charge in [-0.05, 0) is 99.7 Å². The highest BCUT2D eigenvalue weighted by Crippen LogP contribution is 2.39. The predicted octanol–water partition coefficient (Wildman–Crippen LogP) is 10.7. The van der Waals surface area contributed by atoms with Crippen molar-refractivity contribution in [3.8, 4) is 0 Å². The summed E-state index contributed by atoms with van der Waals surface area (Å²) in [5.41, 5.74) is 8.98. The largest absolute Gasteiger partial charge is 0.460 e. The second kappa shape index (κ2) is 18.0. The number of benzene rings is 2. The topological polar surface area (TPSA) is 121 Å². The van der Waals surface area contributed by atoms with Crippen LogP contribution in [0.15, 0.2) is 57.4 Å². The van der Waals surface area contributed by atoms with Gasteiger partial charge in [0.25, 0.3) is 11.1 Å². The van der Waals surface area contributed by atoms with Crippen LogP contribution in [0.4, 0.5) is 0 Å². The number of aromatic nitrogens is 4. The van der Waals surface area contributed by atoms with E-state index in [0.717, 1.165) is 56.0 Å². The molecule has 3 fully saturated rings. The fourth-order valence-electron chi connectivity index (χ4n) is 8.57. The van der Waals surface area contributed by atoms with Gasteiger partial charge in [0.2, 0.25) is 0 Å². The molecule has 1 aliphatic heterocycles. The maximum absolute atomic E-state index is 12.7. The number of carbonyl (C=O) groups is 2. The van der Waals surface area contributed by atoms with Crippen LogP contribution in [0.2, 0.25) is 10.0 Å². The van der Waals surface area contributed by atoms with Gasteiger partial charge < -0.3 is 13.6 Å². The van der Waals surface area contributed by atoms with Crippen molar-refractivity contribution >= 4 is 67.9 Å². The van der Waals surface area contributed by atoms with Crippen molar-refractivity contribution in [2.24, 2.45) is 0 Å². The van der Waals surface area contributed by atoms with Crippen molar-refractivity contribution in [2.75, 3.05) is 26.3 Å². The number of amides is 1. The van der Waals surface area contributed by atoms with Gasteiger partial charge in [0, 0.05) is 68.3 Å². The van der Waals surface area contributed by atoms with Crippen LogP contribution in [0.25, 0.3) is 21.9 Å². The minimum absolute atomic E-state index is 0.206. The van der Waals surface area contributed by atoms with E-state index in [-0.39, 0.29) is 11.6 Å². The number of morpholine rings is 1. The first-order valence-electron chi connectivity index (χ1n) is 20.4. The van der Waals surface area contributed by atoms with E-state index in [0.29, 0.717) is 67.0 Å². The Balaban J connectivity index is 0.000000165. The molecule has 14 heteroatoms. The molecule has 1 amide bonds. The molecule has 2 saturated carbocycles. The molecule has 11 nitrogen and oxygen atoms in total. The first-order chi connectivity index (χ1) is 28.1.